The summed E-state index contributed by atoms with van der Waals surface area (Å²) in [4.78, 5) is 22.7. The Labute approximate surface area is 119 Å². The van der Waals surface area contributed by atoms with Crippen LogP contribution < -0.4 is 11.1 Å². The molecule has 0 aliphatic rings. The van der Waals surface area contributed by atoms with Crippen LogP contribution in [0.5, 0.6) is 0 Å². The zero-order valence-corrected chi connectivity index (χ0v) is 11.0. The van der Waals surface area contributed by atoms with Crippen LogP contribution in [0, 0.1) is 0 Å². The third-order valence-corrected chi connectivity index (χ3v) is 2.58. The molecule has 0 saturated heterocycles. The number of primary amides is 1. The highest BCUT2D eigenvalue weighted by Gasteiger charge is 2.21. The van der Waals surface area contributed by atoms with Gasteiger partial charge < -0.3 is 15.8 Å². The Morgan fingerprint density at radius 1 is 1.33 bits per heavy atom. The number of H-pyrrole nitrogens is 1. The molecule has 9 nitrogen and oxygen atoms in total. The van der Waals surface area contributed by atoms with Gasteiger partial charge in [-0.2, -0.15) is 5.21 Å². The van der Waals surface area contributed by atoms with Crippen LogP contribution >= 0.6 is 0 Å². The molecule has 0 unspecified atom stereocenters. The van der Waals surface area contributed by atoms with E-state index in [2.05, 4.69) is 25.9 Å². The van der Waals surface area contributed by atoms with Crippen molar-refractivity contribution >= 4 is 12.0 Å². The second kappa shape index (κ2) is 6.98. The number of hydrogen-bond donors (Lipinski definition) is 3. The Hall–Kier alpha value is -2.97. The molecule has 0 saturated carbocycles. The lowest BCUT2D eigenvalue weighted by atomic mass is 10.2. The summed E-state index contributed by atoms with van der Waals surface area (Å²) in [6.07, 6.45) is -0.852. The average Bonchev–Trinajstić information content (AvgIpc) is 2.99. The lowest BCUT2D eigenvalue weighted by Gasteiger charge is -2.13. The quantitative estimate of drug-likeness (QED) is 0.687. The van der Waals surface area contributed by atoms with Gasteiger partial charge >= 0.3 is 6.09 Å². The molecule has 0 aliphatic carbocycles. The van der Waals surface area contributed by atoms with Gasteiger partial charge in [0.15, 0.2) is 5.82 Å². The molecule has 0 radical (unpaired) electrons. The fourth-order valence-corrected chi connectivity index (χ4v) is 1.63. The average molecular weight is 290 g/mol. The van der Waals surface area contributed by atoms with E-state index < -0.39 is 18.0 Å². The molecule has 4 N–H and O–H groups in total. The van der Waals surface area contributed by atoms with Crippen molar-refractivity contribution < 1.29 is 14.3 Å². The number of rotatable bonds is 6. The Morgan fingerprint density at radius 3 is 2.71 bits per heavy atom. The van der Waals surface area contributed by atoms with Crippen molar-refractivity contribution in [1.82, 2.24) is 25.9 Å². The Balaban J connectivity index is 1.90. The number of nitrogens with one attached hydrogen (secondary N) is 2. The summed E-state index contributed by atoms with van der Waals surface area (Å²) in [7, 11) is 0. The van der Waals surface area contributed by atoms with E-state index >= 15 is 0 Å². The highest BCUT2D eigenvalue weighted by molar-refractivity contribution is 5.76. The predicted octanol–water partition coefficient (Wildman–Crippen LogP) is 0.0426. The summed E-state index contributed by atoms with van der Waals surface area (Å²) in [6.45, 7) is 0.113. The smallest absolute Gasteiger partial charge is 0.408 e. The number of tetrazole rings is 1. The van der Waals surface area contributed by atoms with Crippen molar-refractivity contribution in [1.29, 1.82) is 0 Å². The number of carbonyl (C=O) groups is 2. The molecule has 0 aliphatic heterocycles. The topological polar surface area (TPSA) is 136 Å². The summed E-state index contributed by atoms with van der Waals surface area (Å²) >= 11 is 0. The van der Waals surface area contributed by atoms with E-state index in [-0.39, 0.29) is 18.9 Å². The number of nitrogens with zero attached hydrogens (tertiary/aromatic N) is 3. The van der Waals surface area contributed by atoms with E-state index in [1.165, 1.54) is 0 Å². The number of alkyl carbamates (subject to hydrolysis) is 1. The second-order valence-corrected chi connectivity index (χ2v) is 4.20. The van der Waals surface area contributed by atoms with E-state index in [0.717, 1.165) is 5.56 Å². The SMILES string of the molecule is NC(=O)C[C@H](NC(=O)OCc1ccccc1)c1nn[nH]n1. The first kappa shape index (κ1) is 14.4. The molecular formula is C12H14N6O3. The monoisotopic (exact) mass is 290 g/mol. The molecule has 2 rings (SSSR count). The molecule has 0 spiro atoms. The fraction of sp³-hybridized carbons (Fsp3) is 0.250. The lowest BCUT2D eigenvalue weighted by Crippen LogP contribution is -2.32. The highest BCUT2D eigenvalue weighted by Crippen LogP contribution is 2.11. The van der Waals surface area contributed by atoms with Crippen molar-refractivity contribution in [3.8, 4) is 0 Å². The van der Waals surface area contributed by atoms with Gasteiger partial charge in [-0.05, 0) is 5.56 Å². The highest BCUT2D eigenvalue weighted by atomic mass is 16.5. The minimum Gasteiger partial charge on any atom is -0.445 e. The molecule has 110 valence electrons. The molecule has 0 fully saturated rings. The molecule has 2 aromatic rings. The first-order valence-corrected chi connectivity index (χ1v) is 6.14. The van der Waals surface area contributed by atoms with E-state index in [1.807, 2.05) is 30.3 Å². The van der Waals surface area contributed by atoms with Gasteiger partial charge in [0.1, 0.15) is 12.6 Å². The number of aromatic amines is 1. The maximum atomic E-state index is 11.7. The van der Waals surface area contributed by atoms with E-state index in [1.54, 1.807) is 0 Å². The van der Waals surface area contributed by atoms with Gasteiger partial charge in [-0.25, -0.2) is 4.79 Å². The molecular weight excluding hydrogens is 276 g/mol. The van der Waals surface area contributed by atoms with Gasteiger partial charge in [-0.1, -0.05) is 35.5 Å². The van der Waals surface area contributed by atoms with Crippen LogP contribution in [0.25, 0.3) is 0 Å². The van der Waals surface area contributed by atoms with Crippen molar-refractivity contribution in [3.05, 3.63) is 41.7 Å². The van der Waals surface area contributed by atoms with Crippen molar-refractivity contribution in [2.24, 2.45) is 5.73 Å². The Morgan fingerprint density at radius 2 is 2.10 bits per heavy atom. The van der Waals surface area contributed by atoms with E-state index in [4.69, 9.17) is 10.5 Å². The lowest BCUT2D eigenvalue weighted by molar-refractivity contribution is -0.118. The number of benzene rings is 1. The number of amides is 2. The molecule has 1 aromatic heterocycles. The molecule has 1 aromatic carbocycles. The van der Waals surface area contributed by atoms with E-state index in [0.29, 0.717) is 0 Å². The van der Waals surface area contributed by atoms with Crippen LogP contribution in [0.3, 0.4) is 0 Å². The fourth-order valence-electron chi connectivity index (χ4n) is 1.63. The van der Waals surface area contributed by atoms with Crippen LogP contribution in [0.2, 0.25) is 0 Å². The third-order valence-electron chi connectivity index (χ3n) is 2.58. The summed E-state index contributed by atoms with van der Waals surface area (Å²) in [5, 5.41) is 15.5. The second-order valence-electron chi connectivity index (χ2n) is 4.20. The van der Waals surface area contributed by atoms with Gasteiger partial charge in [-0.15, -0.1) is 10.2 Å². The summed E-state index contributed by atoms with van der Waals surface area (Å²) < 4.78 is 5.05. The first-order valence-electron chi connectivity index (χ1n) is 6.14. The largest absolute Gasteiger partial charge is 0.445 e. The summed E-state index contributed by atoms with van der Waals surface area (Å²) in [6, 6.07) is 8.41. The molecule has 21 heavy (non-hydrogen) atoms. The van der Waals surface area contributed by atoms with Crippen LogP contribution in [-0.2, 0) is 16.1 Å². The van der Waals surface area contributed by atoms with Crippen LogP contribution in [0.1, 0.15) is 23.9 Å². The molecule has 0 bridgehead atoms. The number of ether oxygens (including phenoxy) is 1. The van der Waals surface area contributed by atoms with Crippen molar-refractivity contribution in [2.75, 3.05) is 0 Å². The molecule has 9 heteroatoms. The number of hydrogen-bond acceptors (Lipinski definition) is 6. The minimum atomic E-state index is -0.787. The molecule has 1 atom stereocenters. The first-order chi connectivity index (χ1) is 10.1. The Kier molecular flexibility index (Phi) is 4.80. The number of carbonyl (C=O) groups excluding carboxylic acids is 2. The van der Waals surface area contributed by atoms with Gasteiger partial charge in [-0.3, -0.25) is 4.79 Å². The van der Waals surface area contributed by atoms with Crippen LogP contribution in [0.4, 0.5) is 4.79 Å². The molecule has 2 amide bonds. The van der Waals surface area contributed by atoms with Gasteiger partial charge in [0, 0.05) is 0 Å². The van der Waals surface area contributed by atoms with Crippen LogP contribution in [-0.4, -0.2) is 32.6 Å². The summed E-state index contributed by atoms with van der Waals surface area (Å²) in [5.41, 5.74) is 5.97. The van der Waals surface area contributed by atoms with Gasteiger partial charge in [0.25, 0.3) is 0 Å². The third kappa shape index (κ3) is 4.56. The maximum absolute atomic E-state index is 11.7. The molecule has 1 heterocycles. The maximum Gasteiger partial charge on any atom is 0.408 e. The van der Waals surface area contributed by atoms with Gasteiger partial charge in [0.05, 0.1) is 6.42 Å². The number of aromatic nitrogens is 4. The zero-order chi connectivity index (χ0) is 15.1. The van der Waals surface area contributed by atoms with E-state index in [9.17, 15) is 9.59 Å². The standard InChI is InChI=1S/C12H14N6O3/c13-10(19)6-9(11-15-17-18-16-11)14-12(20)21-7-8-4-2-1-3-5-8/h1-5,9H,6-7H2,(H2,13,19)(H,14,20)(H,15,16,17,18)/t9-/m0/s1. The summed E-state index contributed by atoms with van der Waals surface area (Å²) in [5.74, 6) is -0.446. The van der Waals surface area contributed by atoms with Crippen molar-refractivity contribution in [2.45, 2.75) is 19.1 Å². The van der Waals surface area contributed by atoms with Crippen molar-refractivity contribution in [3.63, 3.8) is 0 Å². The number of nitrogens with two attached hydrogens (primary N) is 1. The zero-order valence-electron chi connectivity index (χ0n) is 11.0. The van der Waals surface area contributed by atoms with Crippen LogP contribution in [0.15, 0.2) is 30.3 Å². The predicted molar refractivity (Wildman–Crippen MR) is 70.5 cm³/mol. The Bertz CT molecular complexity index is 586. The minimum absolute atomic E-state index is 0.113. The van der Waals surface area contributed by atoms with Gasteiger partial charge in [0.2, 0.25) is 5.91 Å². The normalized spacial score (nSPS) is 11.6.